The first-order valence-corrected chi connectivity index (χ1v) is 15.3. The summed E-state index contributed by atoms with van der Waals surface area (Å²) in [6.07, 6.45) is 30.9. The van der Waals surface area contributed by atoms with E-state index in [-0.39, 0.29) is 0 Å². The van der Waals surface area contributed by atoms with Crippen molar-refractivity contribution in [1.82, 2.24) is 5.32 Å². The minimum Gasteiger partial charge on any atom is -0.387 e. The van der Waals surface area contributed by atoms with E-state index in [1.807, 2.05) is 0 Å². The zero-order chi connectivity index (χ0) is 25.0. The van der Waals surface area contributed by atoms with Gasteiger partial charge in [-0.25, -0.2) is 0 Å². The highest BCUT2D eigenvalue weighted by Crippen LogP contribution is 2.11. The van der Waals surface area contributed by atoms with E-state index in [4.69, 9.17) is 11.1 Å². The summed E-state index contributed by atoms with van der Waals surface area (Å²) in [5.41, 5.74) is 6.07. The van der Waals surface area contributed by atoms with E-state index in [2.05, 4.69) is 24.2 Å². The highest BCUT2D eigenvalue weighted by Gasteiger charge is 1.99. The molecule has 0 saturated carbocycles. The maximum atomic E-state index is 8.06. The van der Waals surface area contributed by atoms with Crippen molar-refractivity contribution in [2.24, 2.45) is 10.7 Å². The standard InChI is InChI=1S/C30H62N4/c1-3-5-7-9-11-13-15-17-21-25-29(31)33-27-23-19-20-24-28-34-30(32)26-22-18-16-14-12-10-8-6-4-2/h3-28H2,1-2H3,(H2,31,33)(H2,32,34). The van der Waals surface area contributed by atoms with E-state index < -0.39 is 0 Å². The molecule has 202 valence electrons. The van der Waals surface area contributed by atoms with Gasteiger partial charge in [-0.1, -0.05) is 129 Å². The zero-order valence-corrected chi connectivity index (χ0v) is 23.4. The highest BCUT2D eigenvalue weighted by atomic mass is 14.9. The average Bonchev–Trinajstić information content (AvgIpc) is 2.83. The summed E-state index contributed by atoms with van der Waals surface area (Å²) in [6.45, 7) is 6.37. The maximum absolute atomic E-state index is 8.06. The Kier molecular flexibility index (Phi) is 27.3. The molecule has 4 nitrogen and oxygen atoms in total. The van der Waals surface area contributed by atoms with Crippen LogP contribution in [0.25, 0.3) is 0 Å². The zero-order valence-electron chi connectivity index (χ0n) is 23.4. The third kappa shape index (κ3) is 27.2. The van der Waals surface area contributed by atoms with E-state index in [1.54, 1.807) is 0 Å². The number of hydrogen-bond donors (Lipinski definition) is 3. The molecule has 0 unspecified atom stereocenters. The van der Waals surface area contributed by atoms with Crippen molar-refractivity contribution in [3.8, 4) is 0 Å². The Morgan fingerprint density at radius 3 is 1.50 bits per heavy atom. The average molecular weight is 479 g/mol. The fourth-order valence-electron chi connectivity index (χ4n) is 4.45. The van der Waals surface area contributed by atoms with Crippen LogP contribution in [0.2, 0.25) is 0 Å². The molecular formula is C30H62N4. The fraction of sp³-hybridized carbons (Fsp3) is 0.933. The van der Waals surface area contributed by atoms with E-state index in [0.29, 0.717) is 0 Å². The quantitative estimate of drug-likeness (QED) is 0.0625. The van der Waals surface area contributed by atoms with Crippen molar-refractivity contribution in [1.29, 1.82) is 5.41 Å². The van der Waals surface area contributed by atoms with E-state index in [9.17, 15) is 0 Å². The van der Waals surface area contributed by atoms with Gasteiger partial charge in [-0.3, -0.25) is 10.4 Å². The molecule has 34 heavy (non-hydrogen) atoms. The number of nitrogens with zero attached hydrogens (tertiary/aromatic N) is 1. The molecule has 0 aromatic heterocycles. The van der Waals surface area contributed by atoms with Crippen molar-refractivity contribution in [3.63, 3.8) is 0 Å². The molecule has 0 aliphatic carbocycles. The van der Waals surface area contributed by atoms with Gasteiger partial charge in [-0.2, -0.15) is 0 Å². The van der Waals surface area contributed by atoms with Crippen LogP contribution >= 0.6 is 0 Å². The van der Waals surface area contributed by atoms with Crippen LogP contribution in [0.3, 0.4) is 0 Å². The monoisotopic (exact) mass is 478 g/mol. The van der Waals surface area contributed by atoms with Crippen molar-refractivity contribution in [3.05, 3.63) is 0 Å². The van der Waals surface area contributed by atoms with E-state index in [1.165, 1.54) is 128 Å². The van der Waals surface area contributed by atoms with Crippen molar-refractivity contribution in [2.45, 2.75) is 168 Å². The Bertz CT molecular complexity index is 447. The number of amidine groups is 2. The lowest BCUT2D eigenvalue weighted by atomic mass is 10.1. The first kappa shape index (κ1) is 32.9. The van der Waals surface area contributed by atoms with Gasteiger partial charge >= 0.3 is 0 Å². The predicted molar refractivity (Wildman–Crippen MR) is 154 cm³/mol. The lowest BCUT2D eigenvalue weighted by molar-refractivity contribution is 0.566. The molecule has 0 fully saturated rings. The van der Waals surface area contributed by atoms with Crippen LogP contribution in [0.5, 0.6) is 0 Å². The minimum absolute atomic E-state index is 0.733. The van der Waals surface area contributed by atoms with Gasteiger partial charge in [0.1, 0.15) is 0 Å². The van der Waals surface area contributed by atoms with E-state index >= 15 is 0 Å². The highest BCUT2D eigenvalue weighted by molar-refractivity contribution is 5.80. The summed E-state index contributed by atoms with van der Waals surface area (Å²) in [5, 5.41) is 11.4. The molecule has 0 atom stereocenters. The van der Waals surface area contributed by atoms with Crippen LogP contribution in [0, 0.1) is 5.41 Å². The molecule has 0 rings (SSSR count). The van der Waals surface area contributed by atoms with E-state index in [0.717, 1.165) is 50.4 Å². The largest absolute Gasteiger partial charge is 0.387 e. The second kappa shape index (κ2) is 28.2. The van der Waals surface area contributed by atoms with Crippen molar-refractivity contribution >= 4 is 11.7 Å². The Balaban J connectivity index is 3.32. The van der Waals surface area contributed by atoms with Gasteiger partial charge < -0.3 is 11.1 Å². The number of unbranched alkanes of at least 4 members (excludes halogenated alkanes) is 19. The van der Waals surface area contributed by atoms with Gasteiger partial charge in [-0.05, 0) is 25.7 Å². The third-order valence-electron chi connectivity index (χ3n) is 6.80. The Labute approximate surface area is 214 Å². The maximum Gasteiger partial charge on any atom is 0.0937 e. The lowest BCUT2D eigenvalue weighted by Crippen LogP contribution is -2.23. The third-order valence-corrected chi connectivity index (χ3v) is 6.80. The molecule has 0 saturated heterocycles. The number of hydrogen-bond acceptors (Lipinski definition) is 2. The second-order valence-electron chi connectivity index (χ2n) is 10.3. The molecule has 0 heterocycles. The summed E-state index contributed by atoms with van der Waals surface area (Å²) in [4.78, 5) is 4.56. The Morgan fingerprint density at radius 1 is 0.559 bits per heavy atom. The van der Waals surface area contributed by atoms with Crippen LogP contribution in [-0.2, 0) is 0 Å². The van der Waals surface area contributed by atoms with Crippen molar-refractivity contribution < 1.29 is 0 Å². The molecule has 0 aliphatic heterocycles. The molecule has 4 heteroatoms. The van der Waals surface area contributed by atoms with Gasteiger partial charge in [0.15, 0.2) is 0 Å². The number of aliphatic imine (C=N–C) groups is 1. The molecule has 4 N–H and O–H groups in total. The van der Waals surface area contributed by atoms with Gasteiger partial charge in [0.05, 0.1) is 11.7 Å². The molecule has 0 radical (unpaired) electrons. The van der Waals surface area contributed by atoms with Gasteiger partial charge in [0.2, 0.25) is 0 Å². The minimum atomic E-state index is 0.733. The molecule has 0 aromatic rings. The molecule has 0 spiro atoms. The topological polar surface area (TPSA) is 74.3 Å². The number of nitrogens with two attached hydrogens (primary N) is 1. The summed E-state index contributed by atoms with van der Waals surface area (Å²) in [5.74, 6) is 1.59. The van der Waals surface area contributed by atoms with Gasteiger partial charge in [0.25, 0.3) is 0 Å². The molecule has 0 bridgehead atoms. The second-order valence-corrected chi connectivity index (χ2v) is 10.3. The molecule has 0 amide bonds. The first-order valence-electron chi connectivity index (χ1n) is 15.3. The number of nitrogens with one attached hydrogen (secondary N) is 2. The SMILES string of the molecule is CCCCCCCCCCCC(=N)NCCCCCCN=C(N)CCCCCCCCCCC. The van der Waals surface area contributed by atoms with Gasteiger partial charge in [0, 0.05) is 25.9 Å². The van der Waals surface area contributed by atoms with Crippen LogP contribution in [0.4, 0.5) is 0 Å². The van der Waals surface area contributed by atoms with Crippen LogP contribution in [0.15, 0.2) is 4.99 Å². The number of rotatable bonds is 27. The smallest absolute Gasteiger partial charge is 0.0937 e. The predicted octanol–water partition coefficient (Wildman–Crippen LogP) is 9.31. The normalized spacial score (nSPS) is 11.8. The Hall–Kier alpha value is -1.06. The fourth-order valence-corrected chi connectivity index (χ4v) is 4.45. The molecule has 0 aromatic carbocycles. The van der Waals surface area contributed by atoms with Gasteiger partial charge in [-0.15, -0.1) is 0 Å². The molecular weight excluding hydrogens is 416 g/mol. The lowest BCUT2D eigenvalue weighted by Gasteiger charge is -2.08. The summed E-state index contributed by atoms with van der Waals surface area (Å²) in [6, 6.07) is 0. The Morgan fingerprint density at radius 2 is 0.971 bits per heavy atom. The first-order chi connectivity index (χ1) is 16.7. The summed E-state index contributed by atoms with van der Waals surface area (Å²) < 4.78 is 0. The van der Waals surface area contributed by atoms with Crippen LogP contribution in [0.1, 0.15) is 168 Å². The summed E-state index contributed by atoms with van der Waals surface area (Å²) >= 11 is 0. The summed E-state index contributed by atoms with van der Waals surface area (Å²) in [7, 11) is 0. The van der Waals surface area contributed by atoms with Crippen LogP contribution in [-0.4, -0.2) is 24.8 Å². The van der Waals surface area contributed by atoms with Crippen LogP contribution < -0.4 is 11.1 Å². The molecule has 0 aliphatic rings. The van der Waals surface area contributed by atoms with Crippen molar-refractivity contribution in [2.75, 3.05) is 13.1 Å².